The van der Waals surface area contributed by atoms with Gasteiger partial charge in [0.25, 0.3) is 0 Å². The summed E-state index contributed by atoms with van der Waals surface area (Å²) in [6, 6.07) is 0. The van der Waals surface area contributed by atoms with Crippen LogP contribution >= 0.6 is 0 Å². The molecule has 5 heavy (non-hydrogen) atoms. The standard InChI is InChI=1S/C2H6S.BrH.Hg/c1-2-3;;/h3H,2H2,1H3;1H;/q;;+2/p-2. The van der Waals surface area contributed by atoms with Crippen molar-refractivity contribution in [2.24, 2.45) is 0 Å². The van der Waals surface area contributed by atoms with E-state index in [1.165, 1.54) is 0 Å². The number of rotatable bonds is 0. The minimum Gasteiger partial charge on any atom is -1.00 e. The first-order valence-electron chi connectivity index (χ1n) is 0.996. The van der Waals surface area contributed by atoms with Crippen LogP contribution in [0, 0.1) is 0 Å². The molecule has 0 aliphatic carbocycles. The number of hydrogen-bond acceptors (Lipinski definition) is 1. The average molecular weight is 342 g/mol. The van der Waals surface area contributed by atoms with Crippen molar-refractivity contribution in [3.05, 3.63) is 0 Å². The van der Waals surface area contributed by atoms with Gasteiger partial charge in [-0.25, -0.2) is 0 Å². The van der Waals surface area contributed by atoms with Crippen LogP contribution in [0.5, 0.6) is 0 Å². The molecule has 0 atom stereocenters. The molecular weight excluding hydrogens is 337 g/mol. The molecule has 0 radical (unpaired) electrons. The van der Waals surface area contributed by atoms with Gasteiger partial charge in [0.2, 0.25) is 0 Å². The van der Waals surface area contributed by atoms with Crippen molar-refractivity contribution in [3.8, 4) is 0 Å². The number of halogens is 1. The van der Waals surface area contributed by atoms with Crippen molar-refractivity contribution in [2.75, 3.05) is 5.75 Å². The first kappa shape index (κ1) is 15.9. The van der Waals surface area contributed by atoms with E-state index < -0.39 is 0 Å². The quantitative estimate of drug-likeness (QED) is 0.348. The largest absolute Gasteiger partial charge is 2.00 e. The third-order valence-electron chi connectivity index (χ3n) is 0. The van der Waals surface area contributed by atoms with Gasteiger partial charge < -0.3 is 29.6 Å². The second-order valence-electron chi connectivity index (χ2n) is 0.289. The summed E-state index contributed by atoms with van der Waals surface area (Å²) in [4.78, 5) is 0. The SMILES string of the molecule is CC[S-].[Br-].[Hg+2]. The summed E-state index contributed by atoms with van der Waals surface area (Å²) < 4.78 is 0. The van der Waals surface area contributed by atoms with Crippen molar-refractivity contribution in [1.82, 2.24) is 0 Å². The second kappa shape index (κ2) is 17.1. The molecule has 0 spiro atoms. The van der Waals surface area contributed by atoms with Crippen LogP contribution in [0.3, 0.4) is 0 Å². The Hall–Kier alpha value is 1.77. The predicted octanol–water partition coefficient (Wildman–Crippen LogP) is -2.45. The first-order valence-corrected chi connectivity index (χ1v) is 1.57. The third kappa shape index (κ3) is 26.2. The summed E-state index contributed by atoms with van der Waals surface area (Å²) in [5.74, 6) is 0.833. The Morgan fingerprint density at radius 2 is 1.60 bits per heavy atom. The van der Waals surface area contributed by atoms with E-state index in [1.54, 1.807) is 0 Å². The summed E-state index contributed by atoms with van der Waals surface area (Å²) in [5.41, 5.74) is 0. The first-order chi connectivity index (χ1) is 1.41. The molecule has 0 nitrogen and oxygen atoms in total. The van der Waals surface area contributed by atoms with E-state index in [0.29, 0.717) is 0 Å². The van der Waals surface area contributed by atoms with Crippen LogP contribution in [0.15, 0.2) is 0 Å². The van der Waals surface area contributed by atoms with Crippen LogP contribution in [-0.4, -0.2) is 5.75 Å². The summed E-state index contributed by atoms with van der Waals surface area (Å²) in [7, 11) is 0. The molecule has 0 fully saturated rings. The topological polar surface area (TPSA) is 0 Å². The van der Waals surface area contributed by atoms with E-state index in [9.17, 15) is 0 Å². The van der Waals surface area contributed by atoms with Gasteiger partial charge in [0.1, 0.15) is 0 Å². The Morgan fingerprint density at radius 3 is 1.60 bits per heavy atom. The maximum Gasteiger partial charge on any atom is 2.00 e. The molecule has 0 amide bonds. The zero-order valence-corrected chi connectivity index (χ0v) is 11.1. The Kier molecular flexibility index (Phi) is 54.3. The molecule has 0 bridgehead atoms. The molecule has 0 aromatic heterocycles. The Labute approximate surface area is 69.4 Å². The van der Waals surface area contributed by atoms with Gasteiger partial charge in [-0.05, 0) is 0 Å². The van der Waals surface area contributed by atoms with Gasteiger partial charge in [-0.1, -0.05) is 6.92 Å². The van der Waals surface area contributed by atoms with Crippen molar-refractivity contribution < 1.29 is 44.7 Å². The van der Waals surface area contributed by atoms with Gasteiger partial charge in [0.05, 0.1) is 0 Å². The minimum absolute atomic E-state index is 0. The fraction of sp³-hybridized carbons (Fsp3) is 1.00. The molecule has 28 valence electrons. The Morgan fingerprint density at radius 1 is 1.60 bits per heavy atom. The molecule has 0 aromatic carbocycles. The van der Waals surface area contributed by atoms with Crippen LogP contribution in [0.1, 0.15) is 6.92 Å². The van der Waals surface area contributed by atoms with Crippen LogP contribution in [-0.2, 0) is 40.3 Å². The molecule has 0 rings (SSSR count). The molecular formula is C2H5BrHgS. The van der Waals surface area contributed by atoms with Crippen LogP contribution < -0.4 is 17.0 Å². The summed E-state index contributed by atoms with van der Waals surface area (Å²) >= 11 is 4.39. The summed E-state index contributed by atoms with van der Waals surface area (Å²) in [6.45, 7) is 1.94. The van der Waals surface area contributed by atoms with E-state index in [4.69, 9.17) is 0 Å². The van der Waals surface area contributed by atoms with E-state index in [-0.39, 0.29) is 44.7 Å². The van der Waals surface area contributed by atoms with E-state index in [0.717, 1.165) is 5.75 Å². The predicted molar refractivity (Wildman–Crippen MR) is 17.9 cm³/mol. The minimum atomic E-state index is 0. The number of hydrogen-bond donors (Lipinski definition) is 0. The molecule has 0 unspecified atom stereocenters. The molecule has 0 aliphatic rings. The van der Waals surface area contributed by atoms with Crippen molar-refractivity contribution in [2.45, 2.75) is 6.92 Å². The normalized spacial score (nSPS) is 3.60. The Bertz CT molecular complexity index is 9.61. The molecule has 0 aliphatic heterocycles. The molecule has 0 N–H and O–H groups in total. The maximum absolute atomic E-state index is 4.39. The van der Waals surface area contributed by atoms with Crippen molar-refractivity contribution in [3.63, 3.8) is 0 Å². The fourth-order valence-electron chi connectivity index (χ4n) is 0. The zero-order chi connectivity index (χ0) is 2.71. The van der Waals surface area contributed by atoms with Crippen LogP contribution in [0.25, 0.3) is 0 Å². The molecule has 0 heterocycles. The molecule has 0 saturated heterocycles. The van der Waals surface area contributed by atoms with Gasteiger partial charge in [-0.3, -0.25) is 0 Å². The molecule has 0 aromatic rings. The van der Waals surface area contributed by atoms with Crippen LogP contribution in [0.4, 0.5) is 0 Å². The zero-order valence-electron chi connectivity index (χ0n) is 3.20. The monoisotopic (exact) mass is 342 g/mol. The smallest absolute Gasteiger partial charge is 1.00 e. The average Bonchev–Trinajstić information content (AvgIpc) is 0.918. The Balaban J connectivity index is -0.0000000200. The van der Waals surface area contributed by atoms with Gasteiger partial charge in [0.15, 0.2) is 0 Å². The van der Waals surface area contributed by atoms with Crippen molar-refractivity contribution >= 4 is 12.6 Å². The third-order valence-corrected chi connectivity index (χ3v) is 0. The fourth-order valence-corrected chi connectivity index (χ4v) is 0. The summed E-state index contributed by atoms with van der Waals surface area (Å²) in [5, 5.41) is 0. The van der Waals surface area contributed by atoms with E-state index >= 15 is 0 Å². The molecule has 3 heteroatoms. The second-order valence-corrected chi connectivity index (χ2v) is 0.866. The van der Waals surface area contributed by atoms with Gasteiger partial charge in [0, 0.05) is 0 Å². The van der Waals surface area contributed by atoms with Gasteiger partial charge >= 0.3 is 27.7 Å². The van der Waals surface area contributed by atoms with Gasteiger partial charge in [-0.2, -0.15) is 5.75 Å². The van der Waals surface area contributed by atoms with Crippen molar-refractivity contribution in [1.29, 1.82) is 0 Å². The van der Waals surface area contributed by atoms with E-state index in [2.05, 4.69) is 12.6 Å². The maximum atomic E-state index is 4.39. The van der Waals surface area contributed by atoms with Gasteiger partial charge in [-0.15, -0.1) is 0 Å². The van der Waals surface area contributed by atoms with E-state index in [1.807, 2.05) is 6.92 Å². The van der Waals surface area contributed by atoms with Crippen LogP contribution in [0.2, 0.25) is 0 Å². The molecule has 0 saturated carbocycles. The summed E-state index contributed by atoms with van der Waals surface area (Å²) in [6.07, 6.45) is 0.